The minimum Gasteiger partial charge on any atom is -0.369 e. The van der Waals surface area contributed by atoms with Crippen molar-refractivity contribution in [3.8, 4) is 0 Å². The highest BCUT2D eigenvalue weighted by Gasteiger charge is 2.22. The summed E-state index contributed by atoms with van der Waals surface area (Å²) in [6, 6.07) is 5.38. The van der Waals surface area contributed by atoms with Gasteiger partial charge in [0, 0.05) is 19.6 Å². The lowest BCUT2D eigenvalue weighted by atomic mass is 9.93. The second-order valence-electron chi connectivity index (χ2n) is 5.12. The van der Waals surface area contributed by atoms with E-state index in [1.807, 2.05) is 13.1 Å². The highest BCUT2D eigenvalue weighted by atomic mass is 19.1. The molecule has 0 aromatic heterocycles. The van der Waals surface area contributed by atoms with Crippen molar-refractivity contribution in [2.75, 3.05) is 25.0 Å². The zero-order valence-electron chi connectivity index (χ0n) is 11.4. The van der Waals surface area contributed by atoms with Gasteiger partial charge in [-0.3, -0.25) is 0 Å². The van der Waals surface area contributed by atoms with Crippen LogP contribution in [0.25, 0.3) is 0 Å². The van der Waals surface area contributed by atoms with Gasteiger partial charge in [-0.2, -0.15) is 0 Å². The predicted octanol–water partition coefficient (Wildman–Crippen LogP) is 3.17. The average molecular weight is 250 g/mol. The van der Waals surface area contributed by atoms with Crippen LogP contribution in [-0.4, -0.2) is 20.1 Å². The summed E-state index contributed by atoms with van der Waals surface area (Å²) >= 11 is 0. The maximum Gasteiger partial charge on any atom is 0.146 e. The fourth-order valence-electron chi connectivity index (χ4n) is 2.81. The van der Waals surface area contributed by atoms with E-state index in [0.29, 0.717) is 0 Å². The highest BCUT2D eigenvalue weighted by Crippen LogP contribution is 2.29. The number of benzene rings is 1. The Morgan fingerprint density at radius 1 is 1.33 bits per heavy atom. The van der Waals surface area contributed by atoms with Crippen LogP contribution >= 0.6 is 0 Å². The molecule has 18 heavy (non-hydrogen) atoms. The van der Waals surface area contributed by atoms with Crippen LogP contribution in [0.4, 0.5) is 10.1 Å². The molecule has 1 aromatic carbocycles. The van der Waals surface area contributed by atoms with E-state index in [1.54, 1.807) is 12.1 Å². The van der Waals surface area contributed by atoms with E-state index in [-0.39, 0.29) is 5.82 Å². The molecule has 1 fully saturated rings. The van der Waals surface area contributed by atoms with Crippen molar-refractivity contribution >= 4 is 5.69 Å². The maximum atomic E-state index is 14.1. The molecule has 1 aliphatic rings. The Bertz CT molecular complexity index is 384. The summed E-state index contributed by atoms with van der Waals surface area (Å²) in [5, 5.41) is 3.12. The second kappa shape index (κ2) is 6.19. The molecule has 100 valence electrons. The Morgan fingerprint density at radius 2 is 2.06 bits per heavy atom. The molecule has 0 spiro atoms. The summed E-state index contributed by atoms with van der Waals surface area (Å²) in [7, 11) is 1.90. The lowest BCUT2D eigenvalue weighted by molar-refractivity contribution is 0.392. The van der Waals surface area contributed by atoms with Gasteiger partial charge in [0.25, 0.3) is 0 Å². The van der Waals surface area contributed by atoms with Crippen molar-refractivity contribution in [1.29, 1.82) is 0 Å². The molecule has 0 radical (unpaired) electrons. The van der Waals surface area contributed by atoms with E-state index >= 15 is 0 Å². The molecule has 0 saturated carbocycles. The summed E-state index contributed by atoms with van der Waals surface area (Å²) < 4.78 is 14.1. The molecule has 2 rings (SSSR count). The van der Waals surface area contributed by atoms with Crippen LogP contribution in [-0.2, 0) is 6.54 Å². The first-order valence-electron chi connectivity index (χ1n) is 6.93. The lowest BCUT2D eigenvalue weighted by Crippen LogP contribution is -2.35. The van der Waals surface area contributed by atoms with Crippen molar-refractivity contribution in [3.63, 3.8) is 0 Å². The fourth-order valence-corrected chi connectivity index (χ4v) is 2.81. The monoisotopic (exact) mass is 250 g/mol. The Kier molecular flexibility index (Phi) is 4.59. The lowest BCUT2D eigenvalue weighted by Gasteiger charge is -2.34. The van der Waals surface area contributed by atoms with E-state index in [9.17, 15) is 4.39 Å². The number of hydrogen-bond acceptors (Lipinski definition) is 2. The van der Waals surface area contributed by atoms with Crippen LogP contribution in [0.5, 0.6) is 0 Å². The summed E-state index contributed by atoms with van der Waals surface area (Å²) in [6.07, 6.45) is 3.61. The molecule has 1 aromatic rings. The number of para-hydroxylation sites is 1. The predicted molar refractivity (Wildman–Crippen MR) is 74.4 cm³/mol. The number of halogens is 1. The van der Waals surface area contributed by atoms with Gasteiger partial charge in [-0.1, -0.05) is 25.5 Å². The van der Waals surface area contributed by atoms with Gasteiger partial charge in [-0.05, 0) is 37.4 Å². The normalized spacial score (nSPS) is 17.2. The topological polar surface area (TPSA) is 15.3 Å². The highest BCUT2D eigenvalue weighted by molar-refractivity contribution is 5.55. The third-order valence-corrected chi connectivity index (χ3v) is 3.95. The van der Waals surface area contributed by atoms with Crippen LogP contribution < -0.4 is 10.2 Å². The summed E-state index contributed by atoms with van der Waals surface area (Å²) in [5.74, 6) is 0.735. The maximum absolute atomic E-state index is 14.1. The number of nitrogens with one attached hydrogen (secondary N) is 1. The number of piperidine rings is 1. The van der Waals surface area contributed by atoms with Crippen molar-refractivity contribution in [1.82, 2.24) is 5.32 Å². The standard InChI is InChI=1S/C15H23FN2/c1-3-12-7-9-18(10-8-12)15-13(11-17-2)5-4-6-14(15)16/h4-6,12,17H,3,7-11H2,1-2H3. The molecule has 0 atom stereocenters. The number of anilines is 1. The van der Waals surface area contributed by atoms with Gasteiger partial charge in [-0.25, -0.2) is 4.39 Å². The first-order valence-corrected chi connectivity index (χ1v) is 6.93. The Morgan fingerprint density at radius 3 is 2.67 bits per heavy atom. The Labute approximate surface area is 109 Å². The van der Waals surface area contributed by atoms with Gasteiger partial charge < -0.3 is 10.2 Å². The van der Waals surface area contributed by atoms with Crippen LogP contribution in [0.15, 0.2) is 18.2 Å². The van der Waals surface area contributed by atoms with Gasteiger partial charge in [-0.15, -0.1) is 0 Å². The molecule has 0 amide bonds. The largest absolute Gasteiger partial charge is 0.369 e. The summed E-state index contributed by atoms with van der Waals surface area (Å²) in [6.45, 7) is 4.93. The van der Waals surface area contributed by atoms with Crippen LogP contribution in [0.3, 0.4) is 0 Å². The minimum absolute atomic E-state index is 0.0855. The van der Waals surface area contributed by atoms with Gasteiger partial charge in [0.05, 0.1) is 5.69 Å². The van der Waals surface area contributed by atoms with Crippen LogP contribution in [0.2, 0.25) is 0 Å². The first-order chi connectivity index (χ1) is 8.76. The van der Waals surface area contributed by atoms with Crippen molar-refractivity contribution in [3.05, 3.63) is 29.6 Å². The molecule has 1 N–H and O–H groups in total. The van der Waals surface area contributed by atoms with E-state index in [0.717, 1.165) is 36.8 Å². The fraction of sp³-hybridized carbons (Fsp3) is 0.600. The summed E-state index contributed by atoms with van der Waals surface area (Å²) in [5.41, 5.74) is 1.87. The van der Waals surface area contributed by atoms with E-state index < -0.39 is 0 Å². The third kappa shape index (κ3) is 2.83. The zero-order chi connectivity index (χ0) is 13.0. The third-order valence-electron chi connectivity index (χ3n) is 3.95. The number of hydrogen-bond donors (Lipinski definition) is 1. The van der Waals surface area contributed by atoms with Crippen LogP contribution in [0, 0.1) is 11.7 Å². The minimum atomic E-state index is -0.0855. The molecule has 1 heterocycles. The van der Waals surface area contributed by atoms with Crippen LogP contribution in [0.1, 0.15) is 31.7 Å². The van der Waals surface area contributed by atoms with Gasteiger partial charge >= 0.3 is 0 Å². The van der Waals surface area contributed by atoms with Gasteiger partial charge in [0.1, 0.15) is 5.82 Å². The molecule has 0 bridgehead atoms. The van der Waals surface area contributed by atoms with E-state index in [4.69, 9.17) is 0 Å². The second-order valence-corrected chi connectivity index (χ2v) is 5.12. The zero-order valence-corrected chi connectivity index (χ0v) is 11.4. The summed E-state index contributed by atoms with van der Waals surface area (Å²) in [4.78, 5) is 2.22. The molecular formula is C15H23FN2. The van der Waals surface area contributed by atoms with Gasteiger partial charge in [0.2, 0.25) is 0 Å². The molecular weight excluding hydrogens is 227 g/mol. The Hall–Kier alpha value is -1.09. The number of nitrogens with zero attached hydrogens (tertiary/aromatic N) is 1. The molecule has 3 heteroatoms. The average Bonchev–Trinajstić information content (AvgIpc) is 2.40. The quantitative estimate of drug-likeness (QED) is 0.883. The van der Waals surface area contributed by atoms with Gasteiger partial charge in [0.15, 0.2) is 0 Å². The number of rotatable bonds is 4. The smallest absolute Gasteiger partial charge is 0.146 e. The molecule has 0 unspecified atom stereocenters. The first kappa shape index (κ1) is 13.3. The molecule has 1 saturated heterocycles. The van der Waals surface area contributed by atoms with Crippen molar-refractivity contribution in [2.45, 2.75) is 32.7 Å². The molecule has 0 aliphatic carbocycles. The van der Waals surface area contributed by atoms with Crippen molar-refractivity contribution < 1.29 is 4.39 Å². The van der Waals surface area contributed by atoms with E-state index in [2.05, 4.69) is 17.1 Å². The molecule has 2 nitrogen and oxygen atoms in total. The molecule has 1 aliphatic heterocycles. The SMILES string of the molecule is CCC1CCN(c2c(F)cccc2CNC)CC1. The van der Waals surface area contributed by atoms with Crippen molar-refractivity contribution in [2.24, 2.45) is 5.92 Å². The Balaban J connectivity index is 2.17. The van der Waals surface area contributed by atoms with E-state index in [1.165, 1.54) is 19.3 Å².